The first-order chi connectivity index (χ1) is 5.61. The number of allylic oxidation sites excluding steroid dienone is 4. The summed E-state index contributed by atoms with van der Waals surface area (Å²) in [4.78, 5) is 0. The zero-order valence-corrected chi connectivity index (χ0v) is 13.9. The van der Waals surface area contributed by atoms with Crippen LogP contribution in [0.15, 0.2) is 17.7 Å². The molecule has 0 aromatic rings. The Morgan fingerprint density at radius 1 is 1.40 bits per heavy atom. The summed E-state index contributed by atoms with van der Waals surface area (Å²) in [6.45, 7) is 9.20. The normalized spacial score (nSPS) is 17.0. The van der Waals surface area contributed by atoms with Crippen LogP contribution in [-0.2, 0) is 26.2 Å². The van der Waals surface area contributed by atoms with Crippen LogP contribution >= 0.6 is 0 Å². The fourth-order valence-corrected chi connectivity index (χ4v) is 1.71. The van der Waals surface area contributed by atoms with Gasteiger partial charge in [0.1, 0.15) is 0 Å². The average Bonchev–Trinajstić information content (AvgIpc) is 2.54. The van der Waals surface area contributed by atoms with Gasteiger partial charge in [-0.3, -0.25) is 6.08 Å². The third kappa shape index (κ3) is 4.76. The number of rotatable bonds is 3. The maximum absolute atomic E-state index is 3.44. The molecule has 85 valence electrons. The molecule has 1 rings (SSSR count). The Kier molecular flexibility index (Phi) is 12.8. The molecule has 0 heterocycles. The number of hydrogen-bond acceptors (Lipinski definition) is 0. The van der Waals surface area contributed by atoms with Crippen molar-refractivity contribution in [2.75, 3.05) is 0 Å². The smallest absolute Gasteiger partial charge is 1.00 e. The van der Waals surface area contributed by atoms with Crippen LogP contribution in [0.4, 0.5) is 0 Å². The Hall–Kier alpha value is 0.943. The third-order valence-electron chi connectivity index (χ3n) is 3.32. The summed E-state index contributed by atoms with van der Waals surface area (Å²) >= 11 is 0. The van der Waals surface area contributed by atoms with Gasteiger partial charge in [-0.05, 0) is 17.8 Å². The van der Waals surface area contributed by atoms with Gasteiger partial charge >= 0.3 is 26.2 Å². The van der Waals surface area contributed by atoms with E-state index in [0.717, 1.165) is 6.42 Å². The van der Waals surface area contributed by atoms with Crippen molar-refractivity contribution in [3.8, 4) is 0 Å². The van der Waals surface area contributed by atoms with Crippen molar-refractivity contribution >= 4 is 0 Å². The fourth-order valence-electron chi connectivity index (χ4n) is 1.71. The average molecular weight is 325 g/mol. The van der Waals surface area contributed by atoms with E-state index in [4.69, 9.17) is 0 Å². The largest absolute Gasteiger partial charge is 3.00 e. The summed E-state index contributed by atoms with van der Waals surface area (Å²) in [5.74, 6) is 0.702. The molecule has 1 unspecified atom stereocenters. The van der Waals surface area contributed by atoms with Gasteiger partial charge in [0.2, 0.25) is 0 Å². The van der Waals surface area contributed by atoms with Crippen LogP contribution in [0, 0.1) is 17.4 Å². The van der Waals surface area contributed by atoms with Gasteiger partial charge in [0.05, 0.1) is 0 Å². The predicted octanol–water partition coefficient (Wildman–Crippen LogP) is -2.25. The molecule has 3 heteroatoms. The van der Waals surface area contributed by atoms with E-state index in [0.29, 0.717) is 11.3 Å². The van der Waals surface area contributed by atoms with E-state index in [1.165, 1.54) is 12.0 Å². The number of halogens is 2. The van der Waals surface area contributed by atoms with E-state index in [1.54, 1.807) is 0 Å². The molecule has 0 aromatic heterocycles. The van der Waals surface area contributed by atoms with Crippen molar-refractivity contribution in [3.63, 3.8) is 0 Å². The molecule has 0 bridgehead atoms. The van der Waals surface area contributed by atoms with E-state index >= 15 is 0 Å². The molecule has 0 fully saturated rings. The molecule has 0 nitrogen and oxygen atoms in total. The molecule has 0 aromatic carbocycles. The number of hydrogen-bond donors (Lipinski definition) is 0. The van der Waals surface area contributed by atoms with Crippen LogP contribution in [0.5, 0.6) is 0 Å². The van der Waals surface area contributed by atoms with Crippen LogP contribution in [0.3, 0.4) is 0 Å². The van der Waals surface area contributed by atoms with Gasteiger partial charge in [0.15, 0.2) is 0 Å². The third-order valence-corrected chi connectivity index (χ3v) is 3.32. The van der Waals surface area contributed by atoms with Gasteiger partial charge < -0.3 is 24.8 Å². The van der Waals surface area contributed by atoms with Crippen LogP contribution in [0.25, 0.3) is 0 Å². The van der Waals surface area contributed by atoms with E-state index in [2.05, 4.69) is 45.9 Å². The zero-order valence-electron chi connectivity index (χ0n) is 9.90. The van der Waals surface area contributed by atoms with E-state index < -0.39 is 0 Å². The topological polar surface area (TPSA) is 0 Å². The summed E-state index contributed by atoms with van der Waals surface area (Å²) in [7, 11) is 0. The molecule has 0 amide bonds. The molecule has 0 aliphatic heterocycles. The molecule has 0 spiro atoms. The second kappa shape index (κ2) is 9.02. The Labute approximate surface area is 126 Å². The van der Waals surface area contributed by atoms with Crippen molar-refractivity contribution in [1.29, 1.82) is 0 Å². The van der Waals surface area contributed by atoms with Crippen molar-refractivity contribution in [3.05, 3.63) is 23.8 Å². The molecular weight excluding hydrogens is 306 g/mol. The minimum Gasteiger partial charge on any atom is -1.00 e. The van der Waals surface area contributed by atoms with Gasteiger partial charge in [-0.15, -0.1) is 6.42 Å². The maximum atomic E-state index is 3.44. The van der Waals surface area contributed by atoms with Gasteiger partial charge in [-0.1, -0.05) is 27.7 Å². The second-order valence-corrected chi connectivity index (χ2v) is 4.12. The van der Waals surface area contributed by atoms with Crippen LogP contribution < -0.4 is 24.8 Å². The molecule has 1 aliphatic rings. The molecular formula is C12H19Cl2Zr. The van der Waals surface area contributed by atoms with Gasteiger partial charge in [-0.2, -0.15) is 6.08 Å². The Bertz CT molecular complexity index is 222. The van der Waals surface area contributed by atoms with Crippen LogP contribution in [-0.4, -0.2) is 0 Å². The first kappa shape index (κ1) is 21.3. The van der Waals surface area contributed by atoms with E-state index in [9.17, 15) is 0 Å². The first-order valence-corrected chi connectivity index (χ1v) is 4.89. The van der Waals surface area contributed by atoms with Gasteiger partial charge in [0, 0.05) is 0 Å². The fraction of sp³-hybridized carbons (Fsp3) is 0.667. The zero-order chi connectivity index (χ0) is 9.19. The Morgan fingerprint density at radius 2 is 1.93 bits per heavy atom. The van der Waals surface area contributed by atoms with Crippen LogP contribution in [0.1, 0.15) is 40.5 Å². The maximum Gasteiger partial charge on any atom is 3.00 e. The monoisotopic (exact) mass is 323 g/mol. The molecule has 0 saturated heterocycles. The summed E-state index contributed by atoms with van der Waals surface area (Å²) in [5, 5.41) is 0. The summed E-state index contributed by atoms with van der Waals surface area (Å²) in [6.07, 6.45) is 10.1. The predicted molar refractivity (Wildman–Crippen MR) is 53.7 cm³/mol. The molecule has 0 N–H and O–H groups in total. The van der Waals surface area contributed by atoms with Crippen molar-refractivity contribution in [2.24, 2.45) is 11.3 Å². The van der Waals surface area contributed by atoms with E-state index in [1.807, 2.05) is 0 Å². The van der Waals surface area contributed by atoms with E-state index in [-0.39, 0.29) is 51.0 Å². The minimum absolute atomic E-state index is 0. The Balaban J connectivity index is -0.000000480. The SMILES string of the molecule is CCC(C)(C1=[C-]CC=C1)C(C)C.[Cl-].[Cl-].[Zr+3]. The summed E-state index contributed by atoms with van der Waals surface area (Å²) in [6, 6.07) is 0. The van der Waals surface area contributed by atoms with Crippen molar-refractivity contribution in [2.45, 2.75) is 40.5 Å². The van der Waals surface area contributed by atoms with Gasteiger partial charge in [0.25, 0.3) is 0 Å². The van der Waals surface area contributed by atoms with Gasteiger partial charge in [-0.25, -0.2) is 11.6 Å². The summed E-state index contributed by atoms with van der Waals surface area (Å²) in [5.41, 5.74) is 1.76. The molecule has 1 radical (unpaired) electrons. The Morgan fingerprint density at radius 3 is 2.20 bits per heavy atom. The molecule has 1 atom stereocenters. The van der Waals surface area contributed by atoms with Crippen LogP contribution in [0.2, 0.25) is 0 Å². The molecule has 1 aliphatic carbocycles. The van der Waals surface area contributed by atoms with Crippen molar-refractivity contribution < 1.29 is 51.0 Å². The molecule has 0 saturated carbocycles. The summed E-state index contributed by atoms with van der Waals surface area (Å²) < 4.78 is 0. The minimum atomic E-state index is 0. The van der Waals surface area contributed by atoms with Crippen molar-refractivity contribution in [1.82, 2.24) is 0 Å². The second-order valence-electron chi connectivity index (χ2n) is 4.12. The first-order valence-electron chi connectivity index (χ1n) is 4.89. The standard InChI is InChI=1S/C12H19.2ClH.Zr/c1-5-12(4,10(2)3)11-8-6-7-9-11;;;/h6,8,10H,5,7H2,1-4H3;2*1H;/q-1;;;+3/p-2. The molecule has 15 heavy (non-hydrogen) atoms. The quantitative estimate of drug-likeness (QED) is 0.515.